The number of fused-ring (bicyclic) bond motifs is 22. The number of hydrogen-bond acceptors (Lipinski definition) is 8. The number of nitrogens with zero attached hydrogens (tertiary/aromatic N) is 10. The number of aromatic nitrogens is 10. The second-order valence-corrected chi connectivity index (χ2v) is 34.7. The van der Waals surface area contributed by atoms with E-state index in [4.69, 9.17) is 34.3 Å². The molecule has 0 saturated heterocycles. The lowest BCUT2D eigenvalue weighted by atomic mass is 10.0. The van der Waals surface area contributed by atoms with Gasteiger partial charge in [0.1, 0.15) is 5.58 Å². The van der Waals surface area contributed by atoms with Gasteiger partial charge in [-0.1, -0.05) is 303 Å². The highest BCUT2D eigenvalue weighted by Gasteiger charge is 2.26. The van der Waals surface area contributed by atoms with Gasteiger partial charge in [0.15, 0.2) is 28.9 Å². The summed E-state index contributed by atoms with van der Waals surface area (Å²) in [5, 5.41) is 23.4. The molecular weight excluding hydrogens is 1610 g/mol. The maximum Gasteiger partial charge on any atom is 0.238 e. The maximum absolute atomic E-state index is 6.56. The Hall–Kier alpha value is -17.3. The molecule has 28 aromatic rings. The van der Waals surface area contributed by atoms with Gasteiger partial charge in [-0.2, -0.15) is 19.9 Å². The summed E-state index contributed by atoms with van der Waals surface area (Å²) in [4.78, 5) is 31.4. The van der Waals surface area contributed by atoms with Crippen molar-refractivity contribution in [1.82, 2.24) is 48.2 Å². The second-order valence-electron chi connectivity index (χ2n) is 33.7. The minimum atomic E-state index is 0.568. The first-order chi connectivity index (χ1) is 64.4. The van der Waals surface area contributed by atoms with Crippen LogP contribution in [0.1, 0.15) is 0 Å². The van der Waals surface area contributed by atoms with Crippen LogP contribution in [0.4, 0.5) is 0 Å². The van der Waals surface area contributed by atoms with Crippen molar-refractivity contribution >= 4 is 184 Å². The Morgan fingerprint density at radius 3 is 0.885 bits per heavy atom. The molecule has 0 aliphatic rings. The summed E-state index contributed by atoms with van der Waals surface area (Å²) < 4.78 is 18.4. The molecule has 12 heteroatoms. The Kier molecular flexibility index (Phi) is 16.4. The number of rotatable bonds is 10. The monoisotopic (exact) mass is 1670 g/mol. The van der Waals surface area contributed by atoms with Gasteiger partial charge in [0.05, 0.1) is 60.2 Å². The fraction of sp³-hybridized carbons (Fsp3) is 0. The van der Waals surface area contributed by atoms with Crippen molar-refractivity contribution in [3.63, 3.8) is 0 Å². The molecule has 0 bridgehead atoms. The van der Waals surface area contributed by atoms with Crippen molar-refractivity contribution in [2.24, 2.45) is 0 Å². The predicted octanol–water partition coefficient (Wildman–Crippen LogP) is 31.0. The van der Waals surface area contributed by atoms with E-state index >= 15 is 0 Å². The predicted molar refractivity (Wildman–Crippen MR) is 540 cm³/mol. The highest BCUT2D eigenvalue weighted by molar-refractivity contribution is 7.26. The lowest BCUT2D eigenvalue weighted by molar-refractivity contribution is 0.666. The van der Waals surface area contributed by atoms with Crippen LogP contribution < -0.4 is 0 Å². The smallest absolute Gasteiger partial charge is 0.238 e. The van der Waals surface area contributed by atoms with Gasteiger partial charge in [-0.3, -0.25) is 9.13 Å². The van der Waals surface area contributed by atoms with E-state index in [-0.39, 0.29) is 0 Å². The summed E-state index contributed by atoms with van der Waals surface area (Å²) in [6.07, 6.45) is 0. The molecule has 0 saturated carbocycles. The molecule has 8 heterocycles. The third-order valence-corrected chi connectivity index (χ3v) is 27.5. The molecule has 0 atom stereocenters. The van der Waals surface area contributed by atoms with Crippen LogP contribution in [0.2, 0.25) is 0 Å². The Labute approximate surface area is 746 Å². The zero-order valence-electron chi connectivity index (χ0n) is 69.7. The molecule has 8 aromatic heterocycles. The Balaban J connectivity index is 0.000000134. The molecule has 28 rings (SSSR count). The molecule has 604 valence electrons. The van der Waals surface area contributed by atoms with E-state index in [1.807, 2.05) is 23.5 Å². The van der Waals surface area contributed by atoms with Crippen LogP contribution in [0.25, 0.3) is 264 Å². The normalized spacial score (nSPS) is 12.0. The third-order valence-electron chi connectivity index (χ3n) is 26.3. The molecule has 0 unspecified atom stereocenters. The SMILES string of the molecule is c1ccc2cc(-c3nc(-c4ccc5ccccc5c4)nc(-n4c5ccccc5c5cc(-c6ccc7c(c6)c6ccccc6n7-c6cccc7c6oc6ccccc67)ccc54)n3)ccc2c1.c1ccc2cc(-c3nc(-c4ccc5ccccc5c4)nc(-n4c5ccccc5c5cc(-c6ccc7c(c6)c6ccccc6n7-c6cccc7c6sc6ccccc67)ccc54)n3)ccc2c1. The van der Waals surface area contributed by atoms with Crippen molar-refractivity contribution in [3.8, 4) is 91.1 Å². The number of benzene rings is 20. The van der Waals surface area contributed by atoms with Crippen molar-refractivity contribution in [1.29, 1.82) is 0 Å². The van der Waals surface area contributed by atoms with Crippen LogP contribution in [0.15, 0.2) is 429 Å². The summed E-state index contributed by atoms with van der Waals surface area (Å²) in [6, 6.07) is 151. The molecule has 130 heavy (non-hydrogen) atoms. The van der Waals surface area contributed by atoms with Gasteiger partial charge in [0.25, 0.3) is 0 Å². The number of thiophene rings is 1. The lowest BCUT2D eigenvalue weighted by Crippen LogP contribution is -2.06. The first-order valence-corrected chi connectivity index (χ1v) is 44.7. The van der Waals surface area contributed by atoms with Crippen LogP contribution in [0.3, 0.4) is 0 Å². The standard InChI is InChI=1S/C59H35N5O.C59H35N5S/c2*1-3-14-38-32-42(26-24-36(38)12-1)57-60-58(43-27-25-37-13-2-4-15-39(37)33-43)62-59(61-57)64-51-21-9-6-17-45(51)49-35-41(29-31-53(49)64)40-28-30-52-48(34-40)44-16-5-8-20-50(44)63(52)54-22-11-19-47-46-18-7-10-23-55(46)65-56(47)54/h2*1-35H. The van der Waals surface area contributed by atoms with Gasteiger partial charge in [-0.15, -0.1) is 11.3 Å². The quantitative estimate of drug-likeness (QED) is 0.134. The van der Waals surface area contributed by atoms with E-state index in [9.17, 15) is 0 Å². The lowest BCUT2D eigenvalue weighted by Gasteiger charge is -2.12. The van der Waals surface area contributed by atoms with Crippen molar-refractivity contribution in [2.45, 2.75) is 0 Å². The van der Waals surface area contributed by atoms with Crippen molar-refractivity contribution in [2.75, 3.05) is 0 Å². The summed E-state index contributed by atoms with van der Waals surface area (Å²) in [7, 11) is 0. The molecule has 11 nitrogen and oxygen atoms in total. The van der Waals surface area contributed by atoms with Crippen LogP contribution in [-0.4, -0.2) is 48.2 Å². The van der Waals surface area contributed by atoms with E-state index in [1.165, 1.54) is 80.0 Å². The minimum absolute atomic E-state index is 0.568. The average molecular weight is 1680 g/mol. The molecule has 0 aliphatic carbocycles. The highest BCUT2D eigenvalue weighted by Crippen LogP contribution is 2.46. The zero-order chi connectivity index (χ0) is 85.2. The Morgan fingerprint density at radius 2 is 0.477 bits per heavy atom. The fourth-order valence-corrected chi connectivity index (χ4v) is 21.3. The van der Waals surface area contributed by atoms with Gasteiger partial charge < -0.3 is 13.6 Å². The molecule has 0 N–H and O–H groups in total. The van der Waals surface area contributed by atoms with E-state index in [1.54, 1.807) is 0 Å². The van der Waals surface area contributed by atoms with Crippen LogP contribution in [0.5, 0.6) is 0 Å². The Morgan fingerprint density at radius 1 is 0.185 bits per heavy atom. The van der Waals surface area contributed by atoms with Gasteiger partial charge >= 0.3 is 0 Å². The number of hydrogen-bond donors (Lipinski definition) is 0. The minimum Gasteiger partial charge on any atom is -0.454 e. The summed E-state index contributed by atoms with van der Waals surface area (Å²) in [5.74, 6) is 3.64. The topological polar surface area (TPSA) is 110 Å². The van der Waals surface area contributed by atoms with Crippen molar-refractivity contribution < 1.29 is 4.42 Å². The largest absolute Gasteiger partial charge is 0.454 e. The van der Waals surface area contributed by atoms with Crippen LogP contribution in [-0.2, 0) is 0 Å². The van der Waals surface area contributed by atoms with Gasteiger partial charge in [-0.25, -0.2) is 9.97 Å². The molecule has 0 spiro atoms. The molecule has 0 aliphatic heterocycles. The second kappa shape index (κ2) is 29.1. The van der Waals surface area contributed by atoms with Crippen molar-refractivity contribution in [3.05, 3.63) is 425 Å². The van der Waals surface area contributed by atoms with E-state index < -0.39 is 0 Å². The molecule has 20 aromatic carbocycles. The first kappa shape index (κ1) is 73.1. The van der Waals surface area contributed by atoms with E-state index in [0.29, 0.717) is 35.2 Å². The van der Waals surface area contributed by atoms with Gasteiger partial charge in [-0.05, 0) is 187 Å². The van der Waals surface area contributed by atoms with Gasteiger partial charge in [0.2, 0.25) is 11.9 Å². The Bertz CT molecular complexity index is 8890. The van der Waals surface area contributed by atoms with E-state index in [0.717, 1.165) is 148 Å². The molecule has 0 radical (unpaired) electrons. The number of furan rings is 1. The highest BCUT2D eigenvalue weighted by atomic mass is 32.1. The molecule has 0 amide bonds. The van der Waals surface area contributed by atoms with E-state index in [2.05, 4.69) is 431 Å². The molecule has 0 fully saturated rings. The maximum atomic E-state index is 6.56. The van der Waals surface area contributed by atoms with Crippen LogP contribution in [0, 0.1) is 0 Å². The average Bonchev–Trinajstić information content (AvgIpc) is 1.59. The van der Waals surface area contributed by atoms with Gasteiger partial charge in [0, 0.05) is 91.6 Å². The number of para-hydroxylation sites is 6. The molecular formula is C118H70N10OS. The summed E-state index contributed by atoms with van der Waals surface area (Å²) >= 11 is 1.87. The van der Waals surface area contributed by atoms with Crippen LogP contribution >= 0.6 is 11.3 Å². The summed E-state index contributed by atoms with van der Waals surface area (Å²) in [6.45, 7) is 0. The summed E-state index contributed by atoms with van der Waals surface area (Å²) in [5.41, 5.74) is 21.1. The first-order valence-electron chi connectivity index (χ1n) is 43.8. The fourth-order valence-electron chi connectivity index (χ4n) is 20.1. The zero-order valence-corrected chi connectivity index (χ0v) is 70.5. The third kappa shape index (κ3) is 11.7.